The SMILES string of the molecule is COc1ccc(-n2c(C)cc(/C=N\N3C(=O)[C@@H]4C5c6ccccc6C(c6ccccc65)[C@H]4C3=O)c2C)cc1. The van der Waals surface area contributed by atoms with Gasteiger partial charge in [-0.25, -0.2) is 0 Å². The second-order valence-corrected chi connectivity index (χ2v) is 10.4. The van der Waals surface area contributed by atoms with Crippen LogP contribution >= 0.6 is 0 Å². The van der Waals surface area contributed by atoms with Gasteiger partial charge in [0, 0.05) is 34.5 Å². The van der Waals surface area contributed by atoms with E-state index in [9.17, 15) is 9.59 Å². The normalized spacial score (nSPS) is 23.1. The van der Waals surface area contributed by atoms with E-state index in [2.05, 4.69) is 33.9 Å². The van der Waals surface area contributed by atoms with Gasteiger partial charge >= 0.3 is 0 Å². The molecule has 2 heterocycles. The first kappa shape index (κ1) is 22.7. The highest BCUT2D eigenvalue weighted by Crippen LogP contribution is 2.60. The van der Waals surface area contributed by atoms with Crippen molar-refractivity contribution in [2.24, 2.45) is 16.9 Å². The summed E-state index contributed by atoms with van der Waals surface area (Å²) in [5, 5.41) is 5.65. The first-order chi connectivity index (χ1) is 18.5. The van der Waals surface area contributed by atoms with E-state index < -0.39 is 11.8 Å². The molecule has 3 aliphatic carbocycles. The first-order valence-electron chi connectivity index (χ1n) is 12.9. The Morgan fingerprint density at radius 1 is 0.763 bits per heavy atom. The molecular formula is C32H27N3O3. The zero-order valence-electron chi connectivity index (χ0n) is 21.5. The number of hydrazone groups is 1. The van der Waals surface area contributed by atoms with Gasteiger partial charge in [0.05, 0.1) is 25.2 Å². The topological polar surface area (TPSA) is 63.9 Å². The molecule has 0 unspecified atom stereocenters. The maximum atomic E-state index is 13.8. The third-order valence-electron chi connectivity index (χ3n) is 8.54. The third kappa shape index (κ3) is 3.03. The second kappa shape index (κ2) is 8.28. The number of aromatic nitrogens is 1. The number of aryl methyl sites for hydroxylation is 1. The van der Waals surface area contributed by atoms with Crippen molar-refractivity contribution in [1.29, 1.82) is 0 Å². The quantitative estimate of drug-likeness (QED) is 0.281. The zero-order chi connectivity index (χ0) is 26.1. The molecule has 1 aromatic heterocycles. The maximum Gasteiger partial charge on any atom is 0.254 e. The Hall–Kier alpha value is -4.45. The number of nitrogens with zero attached hydrogens (tertiary/aromatic N) is 3. The molecular weight excluding hydrogens is 474 g/mol. The Bertz CT molecular complexity index is 1530. The van der Waals surface area contributed by atoms with Gasteiger partial charge in [0.25, 0.3) is 11.8 Å². The van der Waals surface area contributed by atoms with Crippen molar-refractivity contribution < 1.29 is 14.3 Å². The van der Waals surface area contributed by atoms with E-state index in [1.165, 1.54) is 0 Å². The molecule has 188 valence electrons. The number of rotatable bonds is 4. The zero-order valence-corrected chi connectivity index (χ0v) is 21.5. The van der Waals surface area contributed by atoms with Crippen LogP contribution in [0.1, 0.15) is 51.0 Å². The summed E-state index contributed by atoms with van der Waals surface area (Å²) in [6, 6.07) is 26.4. The molecule has 1 aliphatic heterocycles. The monoisotopic (exact) mass is 501 g/mol. The van der Waals surface area contributed by atoms with Crippen molar-refractivity contribution >= 4 is 18.0 Å². The highest BCUT2D eigenvalue weighted by molar-refractivity contribution is 6.08. The lowest BCUT2D eigenvalue weighted by atomic mass is 9.55. The van der Waals surface area contributed by atoms with Gasteiger partial charge in [-0.2, -0.15) is 10.1 Å². The summed E-state index contributed by atoms with van der Waals surface area (Å²) >= 11 is 0. The Morgan fingerprint density at radius 2 is 1.26 bits per heavy atom. The smallest absolute Gasteiger partial charge is 0.254 e. The van der Waals surface area contributed by atoms with Gasteiger partial charge in [0.15, 0.2) is 0 Å². The van der Waals surface area contributed by atoms with E-state index in [0.29, 0.717) is 0 Å². The number of amides is 2. The van der Waals surface area contributed by atoms with Gasteiger partial charge in [-0.05, 0) is 66.4 Å². The van der Waals surface area contributed by atoms with Crippen LogP contribution in [-0.2, 0) is 9.59 Å². The van der Waals surface area contributed by atoms with Crippen LogP contribution in [0.25, 0.3) is 5.69 Å². The molecule has 6 heteroatoms. The van der Waals surface area contributed by atoms with Crippen LogP contribution in [0.4, 0.5) is 0 Å². The predicted molar refractivity (Wildman–Crippen MR) is 145 cm³/mol. The second-order valence-electron chi connectivity index (χ2n) is 10.4. The molecule has 0 saturated carbocycles. The molecule has 0 spiro atoms. The summed E-state index contributed by atoms with van der Waals surface area (Å²) in [4.78, 5) is 27.6. The van der Waals surface area contributed by atoms with Crippen molar-refractivity contribution in [3.05, 3.63) is 118 Å². The number of carbonyl (C=O) groups excluding carboxylic acids is 2. The van der Waals surface area contributed by atoms with Crippen LogP contribution < -0.4 is 4.74 Å². The number of hydrogen-bond acceptors (Lipinski definition) is 4. The standard InChI is InChI=1S/C32H27N3O3/c1-18-16-20(19(2)34(18)21-12-14-22(38-3)15-13-21)17-33-35-31(36)29-27-23-8-4-5-9-24(23)28(30(29)32(35)37)26-11-7-6-10-25(26)27/h4-17,27-30H,1-3H3/b33-17-/t27?,28?,29-,30-/m1/s1. The lowest BCUT2D eigenvalue weighted by Crippen LogP contribution is -2.41. The largest absolute Gasteiger partial charge is 0.497 e. The van der Waals surface area contributed by atoms with Crippen LogP contribution in [0.5, 0.6) is 5.75 Å². The lowest BCUT2D eigenvalue weighted by molar-refractivity contribution is -0.139. The minimum atomic E-state index is -0.429. The van der Waals surface area contributed by atoms with Gasteiger partial charge in [0.2, 0.25) is 0 Å². The maximum absolute atomic E-state index is 13.8. The molecule has 2 amide bonds. The van der Waals surface area contributed by atoms with Gasteiger partial charge < -0.3 is 9.30 Å². The van der Waals surface area contributed by atoms with Crippen LogP contribution in [0, 0.1) is 25.7 Å². The molecule has 6 nitrogen and oxygen atoms in total. The highest BCUT2D eigenvalue weighted by Gasteiger charge is 2.61. The van der Waals surface area contributed by atoms with E-state index in [4.69, 9.17) is 4.74 Å². The predicted octanol–water partition coefficient (Wildman–Crippen LogP) is 5.33. The van der Waals surface area contributed by atoms with Crippen molar-refractivity contribution in [2.45, 2.75) is 25.7 Å². The molecule has 0 N–H and O–H groups in total. The summed E-state index contributed by atoms with van der Waals surface area (Å²) in [5.41, 5.74) is 8.52. The van der Waals surface area contributed by atoms with E-state index >= 15 is 0 Å². The molecule has 0 radical (unpaired) electrons. The Balaban J connectivity index is 1.25. The third-order valence-corrected chi connectivity index (χ3v) is 8.54. The fourth-order valence-corrected chi connectivity index (χ4v) is 6.94. The lowest BCUT2D eigenvalue weighted by Gasteiger charge is -2.45. The Labute approximate surface area is 221 Å². The summed E-state index contributed by atoms with van der Waals surface area (Å²) in [7, 11) is 1.65. The van der Waals surface area contributed by atoms with E-state index in [1.54, 1.807) is 13.3 Å². The fraction of sp³-hybridized carbons (Fsp3) is 0.219. The van der Waals surface area contributed by atoms with E-state index in [1.807, 2.05) is 68.4 Å². The highest BCUT2D eigenvalue weighted by atomic mass is 16.5. The van der Waals surface area contributed by atoms with Crippen molar-refractivity contribution in [2.75, 3.05) is 7.11 Å². The van der Waals surface area contributed by atoms with Crippen LogP contribution in [-0.4, -0.2) is 34.7 Å². The van der Waals surface area contributed by atoms with Crippen molar-refractivity contribution in [1.82, 2.24) is 9.58 Å². The number of hydrogen-bond donors (Lipinski definition) is 0. The number of methoxy groups -OCH3 is 1. The summed E-state index contributed by atoms with van der Waals surface area (Å²) in [6.45, 7) is 4.04. The molecule has 2 bridgehead atoms. The van der Waals surface area contributed by atoms with Gasteiger partial charge in [-0.1, -0.05) is 48.5 Å². The number of imide groups is 1. The summed E-state index contributed by atoms with van der Waals surface area (Å²) in [5.74, 6) is -0.743. The van der Waals surface area contributed by atoms with Gasteiger partial charge in [0.1, 0.15) is 5.75 Å². The molecule has 4 aliphatic rings. The van der Waals surface area contributed by atoms with E-state index in [0.717, 1.165) is 55.7 Å². The number of benzene rings is 3. The average Bonchev–Trinajstić information content (AvgIpc) is 3.38. The van der Waals surface area contributed by atoms with Crippen molar-refractivity contribution in [3.8, 4) is 11.4 Å². The Kier molecular flexibility index (Phi) is 4.95. The minimum Gasteiger partial charge on any atom is -0.497 e. The molecule has 38 heavy (non-hydrogen) atoms. The average molecular weight is 502 g/mol. The van der Waals surface area contributed by atoms with Gasteiger partial charge in [-0.3, -0.25) is 9.59 Å². The molecule has 1 saturated heterocycles. The first-order valence-corrected chi connectivity index (χ1v) is 12.9. The minimum absolute atomic E-state index is 0.130. The summed E-state index contributed by atoms with van der Waals surface area (Å²) < 4.78 is 7.41. The molecule has 4 aromatic rings. The molecule has 1 fully saturated rings. The Morgan fingerprint density at radius 3 is 1.74 bits per heavy atom. The summed E-state index contributed by atoms with van der Waals surface area (Å²) in [6.07, 6.45) is 1.65. The van der Waals surface area contributed by atoms with E-state index in [-0.39, 0.29) is 23.7 Å². The van der Waals surface area contributed by atoms with Crippen molar-refractivity contribution in [3.63, 3.8) is 0 Å². The molecule has 3 aromatic carbocycles. The van der Waals surface area contributed by atoms with Crippen LogP contribution in [0.2, 0.25) is 0 Å². The van der Waals surface area contributed by atoms with Crippen LogP contribution in [0.3, 0.4) is 0 Å². The number of carbonyl (C=O) groups is 2. The number of ether oxygens (including phenoxy) is 1. The fourth-order valence-electron chi connectivity index (χ4n) is 6.94. The van der Waals surface area contributed by atoms with Gasteiger partial charge in [-0.15, -0.1) is 0 Å². The van der Waals surface area contributed by atoms with Crippen LogP contribution in [0.15, 0.2) is 84.0 Å². The molecule has 8 rings (SSSR count). The molecule has 2 atom stereocenters.